The summed E-state index contributed by atoms with van der Waals surface area (Å²) < 4.78 is 10.8. The van der Waals surface area contributed by atoms with Crippen molar-refractivity contribution in [2.24, 2.45) is 5.73 Å². The third-order valence-electron chi connectivity index (χ3n) is 1.45. The number of carboxylic acids is 1. The van der Waals surface area contributed by atoms with Gasteiger partial charge in [-0.2, -0.15) is 0 Å². The van der Waals surface area contributed by atoms with Gasteiger partial charge in [-0.15, -0.1) is 0 Å². The SMILES string of the molecule is CP(=O)(O)CCC(NC(N)=O)C(=O)O. The molecule has 0 radical (unpaired) electrons. The minimum Gasteiger partial charge on any atom is -0.480 e. The minimum absolute atomic E-state index is 0.122. The molecule has 0 spiro atoms. The van der Waals surface area contributed by atoms with Gasteiger partial charge in [0.1, 0.15) is 6.04 Å². The first kappa shape index (κ1) is 12.9. The Morgan fingerprint density at radius 3 is 2.36 bits per heavy atom. The number of primary amides is 1. The minimum atomic E-state index is -3.26. The van der Waals surface area contributed by atoms with E-state index in [0.29, 0.717) is 0 Å². The van der Waals surface area contributed by atoms with E-state index in [1.54, 1.807) is 0 Å². The Kier molecular flexibility index (Phi) is 4.59. The van der Waals surface area contributed by atoms with Crippen LogP contribution in [-0.4, -0.2) is 40.9 Å². The largest absolute Gasteiger partial charge is 0.480 e. The zero-order valence-corrected chi connectivity index (χ0v) is 8.53. The highest BCUT2D eigenvalue weighted by molar-refractivity contribution is 7.57. The highest BCUT2D eigenvalue weighted by atomic mass is 31.2. The maximum Gasteiger partial charge on any atom is 0.326 e. The number of carbonyl (C=O) groups is 2. The molecular formula is C6H13N2O5P. The molecule has 0 aromatic rings. The van der Waals surface area contributed by atoms with Crippen LogP contribution in [0.25, 0.3) is 0 Å². The molecule has 0 aromatic heterocycles. The molecule has 0 saturated carbocycles. The van der Waals surface area contributed by atoms with Gasteiger partial charge in [0.05, 0.1) is 0 Å². The number of hydrogen-bond acceptors (Lipinski definition) is 3. The highest BCUT2D eigenvalue weighted by Crippen LogP contribution is 2.35. The number of carboxylic acid groups (broad SMARTS) is 1. The molecule has 5 N–H and O–H groups in total. The van der Waals surface area contributed by atoms with Crippen LogP contribution in [-0.2, 0) is 9.36 Å². The molecule has 0 aromatic carbocycles. The van der Waals surface area contributed by atoms with Crippen molar-refractivity contribution in [3.63, 3.8) is 0 Å². The van der Waals surface area contributed by atoms with Crippen LogP contribution in [0.2, 0.25) is 0 Å². The predicted molar refractivity (Wildman–Crippen MR) is 49.4 cm³/mol. The van der Waals surface area contributed by atoms with E-state index in [0.717, 1.165) is 6.66 Å². The smallest absolute Gasteiger partial charge is 0.326 e. The summed E-state index contributed by atoms with van der Waals surface area (Å²) >= 11 is 0. The molecule has 2 amide bonds. The molecule has 82 valence electrons. The summed E-state index contributed by atoms with van der Waals surface area (Å²) in [4.78, 5) is 29.8. The number of amides is 2. The molecule has 0 saturated heterocycles. The van der Waals surface area contributed by atoms with Crippen LogP contribution in [0.4, 0.5) is 4.79 Å². The van der Waals surface area contributed by atoms with Gasteiger partial charge in [-0.3, -0.25) is 4.57 Å². The fraction of sp³-hybridized carbons (Fsp3) is 0.667. The van der Waals surface area contributed by atoms with Crippen molar-refractivity contribution >= 4 is 19.4 Å². The summed E-state index contributed by atoms with van der Waals surface area (Å²) in [7, 11) is -3.26. The van der Waals surface area contributed by atoms with Crippen LogP contribution in [0.15, 0.2) is 0 Å². The molecule has 0 rings (SSSR count). The number of hydrogen-bond donors (Lipinski definition) is 4. The molecule has 0 aliphatic carbocycles. The molecule has 7 nitrogen and oxygen atoms in total. The maximum atomic E-state index is 10.8. The van der Waals surface area contributed by atoms with Crippen LogP contribution in [0, 0.1) is 0 Å². The van der Waals surface area contributed by atoms with Gasteiger partial charge in [-0.1, -0.05) is 0 Å². The van der Waals surface area contributed by atoms with Crippen LogP contribution in [0.5, 0.6) is 0 Å². The average molecular weight is 224 g/mol. The summed E-state index contributed by atoms with van der Waals surface area (Å²) in [5, 5.41) is 10.5. The summed E-state index contributed by atoms with van der Waals surface area (Å²) in [6.45, 7) is 1.12. The molecule has 0 heterocycles. The molecule has 0 fully saturated rings. The van der Waals surface area contributed by atoms with Crippen molar-refractivity contribution in [1.29, 1.82) is 0 Å². The Labute approximate surface area is 80.7 Å². The molecule has 14 heavy (non-hydrogen) atoms. The Bertz CT molecular complexity index is 273. The van der Waals surface area contributed by atoms with Crippen LogP contribution >= 0.6 is 7.37 Å². The number of nitrogens with two attached hydrogens (primary N) is 1. The van der Waals surface area contributed by atoms with Crippen LogP contribution < -0.4 is 11.1 Å². The fourth-order valence-electron chi connectivity index (χ4n) is 0.798. The van der Waals surface area contributed by atoms with E-state index < -0.39 is 25.4 Å². The summed E-state index contributed by atoms with van der Waals surface area (Å²) in [6, 6.07) is -2.19. The lowest BCUT2D eigenvalue weighted by atomic mass is 10.2. The van der Waals surface area contributed by atoms with E-state index in [1.807, 2.05) is 5.32 Å². The van der Waals surface area contributed by atoms with Gasteiger partial charge < -0.3 is 21.1 Å². The van der Waals surface area contributed by atoms with Gasteiger partial charge in [0, 0.05) is 12.8 Å². The second kappa shape index (κ2) is 4.97. The zero-order valence-electron chi connectivity index (χ0n) is 7.64. The molecule has 0 bridgehead atoms. The van der Waals surface area contributed by atoms with Crippen LogP contribution in [0.3, 0.4) is 0 Å². The predicted octanol–water partition coefficient (Wildman–Crippen LogP) is -0.602. The topological polar surface area (TPSA) is 130 Å². The normalized spacial score (nSPS) is 16.7. The third kappa shape index (κ3) is 6.45. The van der Waals surface area contributed by atoms with E-state index in [-0.39, 0.29) is 12.6 Å². The lowest BCUT2D eigenvalue weighted by Gasteiger charge is -2.13. The van der Waals surface area contributed by atoms with E-state index >= 15 is 0 Å². The van der Waals surface area contributed by atoms with Gasteiger partial charge in [-0.25, -0.2) is 9.59 Å². The summed E-state index contributed by atoms with van der Waals surface area (Å²) in [6.07, 6.45) is -0.299. The standard InChI is InChI=1S/C6H13N2O5P/c1-14(12,13)3-2-4(5(9)10)8-6(7)11/h4H,2-3H2,1H3,(H,9,10)(H,12,13)(H3,7,8,11). The van der Waals surface area contributed by atoms with Gasteiger partial charge in [0.2, 0.25) is 0 Å². The van der Waals surface area contributed by atoms with Gasteiger partial charge in [-0.05, 0) is 6.42 Å². The Hall–Kier alpha value is -1.07. The Morgan fingerprint density at radius 2 is 2.07 bits per heavy atom. The molecule has 8 heteroatoms. The van der Waals surface area contributed by atoms with Crippen molar-refractivity contribution < 1.29 is 24.2 Å². The monoisotopic (exact) mass is 224 g/mol. The number of nitrogens with one attached hydrogen (secondary N) is 1. The lowest BCUT2D eigenvalue weighted by molar-refractivity contribution is -0.139. The highest BCUT2D eigenvalue weighted by Gasteiger charge is 2.21. The summed E-state index contributed by atoms with van der Waals surface area (Å²) in [5.74, 6) is -1.28. The number of carbonyl (C=O) groups excluding carboxylic acids is 1. The molecular weight excluding hydrogens is 211 g/mol. The van der Waals surface area contributed by atoms with Gasteiger partial charge >= 0.3 is 12.0 Å². The number of aliphatic carboxylic acids is 1. The Morgan fingerprint density at radius 1 is 1.57 bits per heavy atom. The van der Waals surface area contributed by atoms with Crippen LogP contribution in [0.1, 0.15) is 6.42 Å². The maximum absolute atomic E-state index is 10.8. The quantitative estimate of drug-likeness (QED) is 0.463. The molecule has 2 atom stereocenters. The first-order valence-corrected chi connectivity index (χ1v) is 6.09. The molecule has 2 unspecified atom stereocenters. The fourth-order valence-corrected chi connectivity index (χ4v) is 1.54. The van der Waals surface area contributed by atoms with Gasteiger partial charge in [0.15, 0.2) is 7.37 Å². The van der Waals surface area contributed by atoms with Crippen molar-refractivity contribution in [3.05, 3.63) is 0 Å². The second-order valence-electron chi connectivity index (χ2n) is 2.96. The molecule has 0 aliphatic heterocycles. The first-order chi connectivity index (χ1) is 6.22. The van der Waals surface area contributed by atoms with E-state index in [4.69, 9.17) is 15.7 Å². The van der Waals surface area contributed by atoms with Crippen molar-refractivity contribution in [2.75, 3.05) is 12.8 Å². The second-order valence-corrected chi connectivity index (χ2v) is 5.51. The summed E-state index contributed by atoms with van der Waals surface area (Å²) in [5.41, 5.74) is 4.73. The first-order valence-electron chi connectivity index (χ1n) is 3.80. The Balaban J connectivity index is 4.18. The lowest BCUT2D eigenvalue weighted by Crippen LogP contribution is -2.44. The third-order valence-corrected chi connectivity index (χ3v) is 2.54. The molecule has 0 aliphatic rings. The van der Waals surface area contributed by atoms with E-state index in [9.17, 15) is 14.2 Å². The van der Waals surface area contributed by atoms with Crippen molar-refractivity contribution in [1.82, 2.24) is 5.32 Å². The average Bonchev–Trinajstić information content (AvgIpc) is 1.94. The zero-order chi connectivity index (χ0) is 11.4. The number of rotatable bonds is 5. The van der Waals surface area contributed by atoms with Crippen molar-refractivity contribution in [2.45, 2.75) is 12.5 Å². The van der Waals surface area contributed by atoms with E-state index in [2.05, 4.69) is 0 Å². The van der Waals surface area contributed by atoms with Gasteiger partial charge in [0.25, 0.3) is 0 Å². The van der Waals surface area contributed by atoms with E-state index in [1.165, 1.54) is 0 Å². The van der Waals surface area contributed by atoms with Crippen molar-refractivity contribution in [3.8, 4) is 0 Å². The number of urea groups is 1.